The summed E-state index contributed by atoms with van der Waals surface area (Å²) in [6.45, 7) is 2.19. The van der Waals surface area contributed by atoms with Gasteiger partial charge in [-0.05, 0) is 0 Å². The van der Waals surface area contributed by atoms with E-state index in [4.69, 9.17) is 19.2 Å². The Morgan fingerprint density at radius 2 is 1.50 bits per heavy atom. The van der Waals surface area contributed by atoms with Crippen LogP contribution in [-0.2, 0) is 4.57 Å². The second-order valence-corrected chi connectivity index (χ2v) is 3.66. The predicted octanol–water partition coefficient (Wildman–Crippen LogP) is -0.336. The fourth-order valence-electron chi connectivity index (χ4n) is 0. The van der Waals surface area contributed by atoms with E-state index in [-0.39, 0.29) is 0 Å². The largest absolute Gasteiger partial charge is 0.466 e. The average Bonchev–Trinajstić information content (AvgIpc) is 1.27. The second kappa shape index (κ2) is 6.23. The van der Waals surface area contributed by atoms with Crippen LogP contribution in [0.4, 0.5) is 0 Å². The van der Waals surface area contributed by atoms with Gasteiger partial charge in [0, 0.05) is 0 Å². The van der Waals surface area contributed by atoms with Crippen molar-refractivity contribution in [2.24, 2.45) is 0 Å². The second-order valence-electron chi connectivity index (χ2n) is 1.22. The number of phosphoric acid groups is 1. The summed E-state index contributed by atoms with van der Waals surface area (Å²) in [5.41, 5.74) is 0. The van der Waals surface area contributed by atoms with E-state index in [0.717, 1.165) is 0 Å². The van der Waals surface area contributed by atoms with Crippen LogP contribution in [0.5, 0.6) is 0 Å². The van der Waals surface area contributed by atoms with Crippen LogP contribution in [0, 0.1) is 0 Å². The average molecular weight is 150 g/mol. The molecule has 0 saturated carbocycles. The van der Waals surface area contributed by atoms with Gasteiger partial charge in [0.05, 0.1) is 0 Å². The third-order valence-electron chi connectivity index (χ3n) is 0. The van der Waals surface area contributed by atoms with Crippen molar-refractivity contribution in [3.05, 3.63) is 0 Å². The molecule has 0 saturated heterocycles. The Kier molecular flexibility index (Phi) is 9.24. The molecule has 0 aromatic carbocycles. The standard InChI is InChI=1S/C2H5.Na.H3O4P/c1-2;;1-5(2,3)4/h1H2,2H3;;(H3,1,2,3,4). The van der Waals surface area contributed by atoms with Gasteiger partial charge in [-0.15, -0.1) is 0 Å². The van der Waals surface area contributed by atoms with Crippen LogP contribution in [0.1, 0.15) is 6.92 Å². The van der Waals surface area contributed by atoms with E-state index in [1.807, 2.05) is 0 Å². The third kappa shape index (κ3) is 215. The molecule has 0 aliphatic heterocycles. The first-order valence-corrected chi connectivity index (χ1v) is 5.18. The zero-order valence-corrected chi connectivity index (χ0v) is 7.80. The van der Waals surface area contributed by atoms with Crippen molar-refractivity contribution >= 4 is 35.8 Å². The zero-order valence-electron chi connectivity index (χ0n) is 4.90. The molecular formula is C2H8NaO4P. The number of rotatable bonds is 0. The molecule has 3 N–H and O–H groups in total. The van der Waals surface area contributed by atoms with Gasteiger partial charge in [-0.2, -0.15) is 0 Å². The Hall–Kier alpha value is 1.11. The van der Waals surface area contributed by atoms with Crippen LogP contribution >= 0.6 is 7.82 Å². The molecule has 0 aromatic rings. The molecule has 0 rings (SSSR count). The van der Waals surface area contributed by atoms with Gasteiger partial charge in [0.15, 0.2) is 0 Å². The van der Waals surface area contributed by atoms with Crippen molar-refractivity contribution in [1.82, 2.24) is 0 Å². The van der Waals surface area contributed by atoms with E-state index in [1.54, 1.807) is 0 Å². The molecule has 4 nitrogen and oxygen atoms in total. The summed E-state index contributed by atoms with van der Waals surface area (Å²) in [6.07, 6.45) is 0. The normalized spacial score (nSPS) is 9.75. The van der Waals surface area contributed by atoms with Crippen molar-refractivity contribution in [3.63, 3.8) is 0 Å². The molecule has 0 bridgehead atoms. The molecule has 0 aliphatic rings. The van der Waals surface area contributed by atoms with E-state index in [1.165, 1.54) is 31.6 Å². The summed E-state index contributed by atoms with van der Waals surface area (Å²) in [4.78, 5) is 21.6. The molecule has 0 fully saturated rings. The van der Waals surface area contributed by atoms with Gasteiger partial charge in [-0.1, -0.05) is 0 Å². The van der Waals surface area contributed by atoms with Gasteiger partial charge >= 0.3 is 46.3 Å². The van der Waals surface area contributed by atoms with Crippen molar-refractivity contribution in [2.75, 3.05) is 0 Å². The van der Waals surface area contributed by atoms with Crippen molar-refractivity contribution in [3.8, 4) is 0 Å². The smallest absolute Gasteiger partial charge is 0.303 e. The first-order valence-electron chi connectivity index (χ1n) is 2.20. The maximum atomic E-state index is 8.88. The molecule has 6 heteroatoms. The molecule has 0 aliphatic carbocycles. The van der Waals surface area contributed by atoms with Crippen LogP contribution in [0.2, 0.25) is 3.67 Å². The Morgan fingerprint density at radius 3 is 1.50 bits per heavy atom. The molecule has 0 aromatic heterocycles. The molecule has 0 atom stereocenters. The Bertz CT molecular complexity index is 69.8. The van der Waals surface area contributed by atoms with E-state index >= 15 is 0 Å². The van der Waals surface area contributed by atoms with Crippen LogP contribution in [-0.4, -0.2) is 42.6 Å². The van der Waals surface area contributed by atoms with Gasteiger partial charge in [-0.3, -0.25) is 0 Å². The molecule has 46 valence electrons. The monoisotopic (exact) mass is 150 g/mol. The minimum absolute atomic E-state index is 1.37. The minimum Gasteiger partial charge on any atom is -0.303 e. The van der Waals surface area contributed by atoms with Crippen LogP contribution in [0.25, 0.3) is 0 Å². The zero-order chi connectivity index (χ0) is 7.21. The maximum absolute atomic E-state index is 8.88. The van der Waals surface area contributed by atoms with E-state index in [9.17, 15) is 0 Å². The SMILES string of the molecule is C[CH2][Na].O=P(O)(O)O. The fraction of sp³-hybridized carbons (Fsp3) is 1.00. The van der Waals surface area contributed by atoms with Gasteiger partial charge < -0.3 is 14.7 Å². The van der Waals surface area contributed by atoms with E-state index in [2.05, 4.69) is 6.92 Å². The fourth-order valence-corrected chi connectivity index (χ4v) is 0. The van der Waals surface area contributed by atoms with E-state index < -0.39 is 7.82 Å². The summed E-state index contributed by atoms with van der Waals surface area (Å²) in [6, 6.07) is 0. The maximum Gasteiger partial charge on any atom is 0.466 e. The minimum atomic E-state index is -4.64. The summed E-state index contributed by atoms with van der Waals surface area (Å²) >= 11 is 1.37. The molecular weight excluding hydrogens is 142 g/mol. The molecule has 0 amide bonds. The summed E-state index contributed by atoms with van der Waals surface area (Å²) in [5.74, 6) is 0. The van der Waals surface area contributed by atoms with Gasteiger partial charge in [0.25, 0.3) is 0 Å². The molecule has 0 heterocycles. The van der Waals surface area contributed by atoms with E-state index in [0.29, 0.717) is 0 Å². The topological polar surface area (TPSA) is 77.8 Å². The molecule has 0 spiro atoms. The molecule has 0 unspecified atom stereocenters. The molecule has 0 radical (unpaired) electrons. The molecule has 8 heavy (non-hydrogen) atoms. The first-order chi connectivity index (χ1) is 3.41. The van der Waals surface area contributed by atoms with Gasteiger partial charge in [0.1, 0.15) is 0 Å². The van der Waals surface area contributed by atoms with Crippen LogP contribution < -0.4 is 0 Å². The number of hydrogen-bond donors (Lipinski definition) is 3. The van der Waals surface area contributed by atoms with Gasteiger partial charge in [-0.25, -0.2) is 4.57 Å². The van der Waals surface area contributed by atoms with Crippen molar-refractivity contribution < 1.29 is 19.2 Å². The van der Waals surface area contributed by atoms with Crippen molar-refractivity contribution in [1.29, 1.82) is 0 Å². The summed E-state index contributed by atoms with van der Waals surface area (Å²) < 4.78 is 10.3. The van der Waals surface area contributed by atoms with Crippen LogP contribution in [0.3, 0.4) is 0 Å². The Balaban J connectivity index is 0. The van der Waals surface area contributed by atoms with Gasteiger partial charge in [0.2, 0.25) is 0 Å². The van der Waals surface area contributed by atoms with Crippen molar-refractivity contribution in [2.45, 2.75) is 10.6 Å². The first kappa shape index (κ1) is 11.9. The quantitative estimate of drug-likeness (QED) is 0.326. The summed E-state index contributed by atoms with van der Waals surface area (Å²) in [7, 11) is -4.64. The Labute approximate surface area is 65.6 Å². The Morgan fingerprint density at radius 1 is 1.50 bits per heavy atom. The third-order valence-corrected chi connectivity index (χ3v) is 0. The number of hydrogen-bond acceptors (Lipinski definition) is 1. The van der Waals surface area contributed by atoms with Crippen LogP contribution in [0.15, 0.2) is 0 Å². The summed E-state index contributed by atoms with van der Waals surface area (Å²) in [5, 5.41) is 0. The predicted molar refractivity (Wildman–Crippen MR) is 30.5 cm³/mol.